The molecule has 1 aromatic carbocycles. The van der Waals surface area contributed by atoms with E-state index in [0.717, 1.165) is 18.6 Å². The highest BCUT2D eigenvalue weighted by atomic mass is 16.6. The molecule has 5 heteroatoms. The molecule has 0 bridgehead atoms. The zero-order valence-electron chi connectivity index (χ0n) is 12.0. The first-order valence-corrected chi connectivity index (χ1v) is 7.20. The van der Waals surface area contributed by atoms with E-state index in [-0.39, 0.29) is 12.7 Å². The number of benzene rings is 1. The van der Waals surface area contributed by atoms with Crippen LogP contribution in [-0.4, -0.2) is 37.3 Å². The van der Waals surface area contributed by atoms with Crippen LogP contribution in [-0.2, 0) is 16.1 Å². The third kappa shape index (κ3) is 5.09. The number of hydrogen-bond acceptors (Lipinski definition) is 4. The lowest BCUT2D eigenvalue weighted by atomic mass is 10.1. The van der Waals surface area contributed by atoms with Crippen molar-refractivity contribution in [2.45, 2.75) is 19.4 Å². The fourth-order valence-corrected chi connectivity index (χ4v) is 2.29. The summed E-state index contributed by atoms with van der Waals surface area (Å²) in [6.07, 6.45) is 0.907. The van der Waals surface area contributed by atoms with Gasteiger partial charge < -0.3 is 14.4 Å². The molecule has 2 rings (SSSR count). The van der Waals surface area contributed by atoms with Crippen molar-refractivity contribution in [2.24, 2.45) is 5.92 Å². The van der Waals surface area contributed by atoms with Crippen LogP contribution in [0.3, 0.4) is 0 Å². The van der Waals surface area contributed by atoms with Gasteiger partial charge in [0.2, 0.25) is 0 Å². The molecule has 1 aliphatic heterocycles. The van der Waals surface area contributed by atoms with Crippen LogP contribution < -0.4 is 0 Å². The molecular formula is C16H20N2O3. The van der Waals surface area contributed by atoms with Gasteiger partial charge in [-0.25, -0.2) is 4.79 Å². The van der Waals surface area contributed by atoms with Gasteiger partial charge in [-0.15, -0.1) is 0 Å². The van der Waals surface area contributed by atoms with Gasteiger partial charge in [-0.3, -0.25) is 0 Å². The maximum absolute atomic E-state index is 12.2. The van der Waals surface area contributed by atoms with E-state index < -0.39 is 0 Å². The van der Waals surface area contributed by atoms with E-state index in [0.29, 0.717) is 32.0 Å². The highest BCUT2D eigenvalue weighted by Crippen LogP contribution is 2.15. The first kappa shape index (κ1) is 15.3. The molecule has 1 atom stereocenters. The predicted octanol–water partition coefficient (Wildman–Crippen LogP) is 2.58. The molecular weight excluding hydrogens is 268 g/mol. The zero-order chi connectivity index (χ0) is 14.9. The smallest absolute Gasteiger partial charge is 0.410 e. The molecule has 1 unspecified atom stereocenters. The molecule has 0 spiro atoms. The Labute approximate surface area is 125 Å². The Bertz CT molecular complexity index is 478. The van der Waals surface area contributed by atoms with Crippen molar-refractivity contribution in [2.75, 3.05) is 26.3 Å². The number of hydrogen-bond donors (Lipinski definition) is 0. The average Bonchev–Trinajstić information content (AvgIpc) is 3.03. The van der Waals surface area contributed by atoms with Gasteiger partial charge in [0.25, 0.3) is 0 Å². The molecule has 1 fully saturated rings. The number of carbonyl (C=O) groups excluding carboxylic acids is 1. The average molecular weight is 288 g/mol. The molecule has 1 amide bonds. The van der Waals surface area contributed by atoms with Crippen LogP contribution in [0.25, 0.3) is 0 Å². The lowest BCUT2D eigenvalue weighted by Gasteiger charge is -2.23. The van der Waals surface area contributed by atoms with E-state index in [1.807, 2.05) is 30.3 Å². The number of nitriles is 1. The quantitative estimate of drug-likeness (QED) is 0.807. The SMILES string of the molecule is N#CCCN(CC1CCOC1)C(=O)OCc1ccccc1. The van der Waals surface area contributed by atoms with Crippen molar-refractivity contribution in [1.29, 1.82) is 5.26 Å². The summed E-state index contributed by atoms with van der Waals surface area (Å²) < 4.78 is 10.7. The summed E-state index contributed by atoms with van der Waals surface area (Å²) in [4.78, 5) is 13.8. The molecule has 112 valence electrons. The number of nitrogens with zero attached hydrogens (tertiary/aromatic N) is 2. The number of rotatable bonds is 6. The van der Waals surface area contributed by atoms with E-state index in [4.69, 9.17) is 14.7 Å². The maximum atomic E-state index is 12.2. The maximum Gasteiger partial charge on any atom is 0.410 e. The predicted molar refractivity (Wildman–Crippen MR) is 77.4 cm³/mol. The Morgan fingerprint density at radius 3 is 2.90 bits per heavy atom. The lowest BCUT2D eigenvalue weighted by Crippen LogP contribution is -2.36. The van der Waals surface area contributed by atoms with E-state index in [2.05, 4.69) is 6.07 Å². The largest absolute Gasteiger partial charge is 0.445 e. The summed E-state index contributed by atoms with van der Waals surface area (Å²) in [5, 5.41) is 8.71. The van der Waals surface area contributed by atoms with Gasteiger partial charge in [0, 0.05) is 25.6 Å². The minimum Gasteiger partial charge on any atom is -0.445 e. The topological polar surface area (TPSA) is 62.6 Å². The molecule has 1 saturated heterocycles. The molecule has 1 heterocycles. The summed E-state index contributed by atoms with van der Waals surface area (Å²) >= 11 is 0. The first-order chi connectivity index (χ1) is 10.3. The second kappa shape index (κ2) is 8.28. The van der Waals surface area contributed by atoms with Gasteiger partial charge in [-0.1, -0.05) is 30.3 Å². The van der Waals surface area contributed by atoms with E-state index in [1.54, 1.807) is 4.90 Å². The van der Waals surface area contributed by atoms with Gasteiger partial charge in [0.15, 0.2) is 0 Å². The van der Waals surface area contributed by atoms with Crippen LogP contribution in [0.4, 0.5) is 4.79 Å². The summed E-state index contributed by atoms with van der Waals surface area (Å²) in [5.41, 5.74) is 0.954. The van der Waals surface area contributed by atoms with Crippen LogP contribution in [0, 0.1) is 17.2 Å². The van der Waals surface area contributed by atoms with Gasteiger partial charge in [0.05, 0.1) is 19.1 Å². The fourth-order valence-electron chi connectivity index (χ4n) is 2.29. The molecule has 0 aliphatic carbocycles. The highest BCUT2D eigenvalue weighted by molar-refractivity contribution is 5.67. The third-order valence-corrected chi connectivity index (χ3v) is 3.46. The van der Waals surface area contributed by atoms with E-state index in [9.17, 15) is 4.79 Å². The Morgan fingerprint density at radius 1 is 1.43 bits per heavy atom. The monoisotopic (exact) mass is 288 g/mol. The number of ether oxygens (including phenoxy) is 2. The van der Waals surface area contributed by atoms with Crippen molar-refractivity contribution < 1.29 is 14.3 Å². The molecule has 5 nitrogen and oxygen atoms in total. The van der Waals surface area contributed by atoms with Gasteiger partial charge >= 0.3 is 6.09 Å². The van der Waals surface area contributed by atoms with Gasteiger partial charge in [0.1, 0.15) is 6.61 Å². The second-order valence-electron chi connectivity index (χ2n) is 5.12. The Balaban J connectivity index is 1.85. The molecule has 1 aliphatic rings. The Kier molecular flexibility index (Phi) is 6.04. The lowest BCUT2D eigenvalue weighted by molar-refractivity contribution is 0.0890. The normalized spacial score (nSPS) is 17.2. The van der Waals surface area contributed by atoms with Gasteiger partial charge in [-0.2, -0.15) is 5.26 Å². The zero-order valence-corrected chi connectivity index (χ0v) is 12.0. The standard InChI is InChI=1S/C16H20N2O3/c17-8-4-9-18(11-15-7-10-20-12-15)16(19)21-13-14-5-2-1-3-6-14/h1-3,5-6,15H,4,7,9-13H2. The summed E-state index contributed by atoms with van der Waals surface area (Å²) in [5.74, 6) is 0.341. The molecule has 0 radical (unpaired) electrons. The van der Waals surface area contributed by atoms with Crippen molar-refractivity contribution >= 4 is 6.09 Å². The third-order valence-electron chi connectivity index (χ3n) is 3.46. The van der Waals surface area contributed by atoms with Crippen LogP contribution in [0.2, 0.25) is 0 Å². The van der Waals surface area contributed by atoms with Crippen LogP contribution in [0.1, 0.15) is 18.4 Å². The van der Waals surface area contributed by atoms with Crippen LogP contribution >= 0.6 is 0 Å². The van der Waals surface area contributed by atoms with Crippen LogP contribution in [0.5, 0.6) is 0 Å². The molecule has 0 aromatic heterocycles. The molecule has 1 aromatic rings. The first-order valence-electron chi connectivity index (χ1n) is 7.20. The molecule has 0 N–H and O–H groups in total. The second-order valence-corrected chi connectivity index (χ2v) is 5.12. The van der Waals surface area contributed by atoms with Gasteiger partial charge in [-0.05, 0) is 12.0 Å². The Morgan fingerprint density at radius 2 is 2.24 bits per heavy atom. The summed E-state index contributed by atoms with van der Waals surface area (Å²) in [6.45, 7) is 2.67. The van der Waals surface area contributed by atoms with Crippen molar-refractivity contribution in [1.82, 2.24) is 4.90 Å². The van der Waals surface area contributed by atoms with Crippen LogP contribution in [0.15, 0.2) is 30.3 Å². The molecule has 0 saturated carbocycles. The van der Waals surface area contributed by atoms with Crippen molar-refractivity contribution in [3.63, 3.8) is 0 Å². The minimum atomic E-state index is -0.360. The van der Waals surface area contributed by atoms with E-state index >= 15 is 0 Å². The van der Waals surface area contributed by atoms with E-state index in [1.165, 1.54) is 0 Å². The van der Waals surface area contributed by atoms with Crippen molar-refractivity contribution in [3.05, 3.63) is 35.9 Å². The number of amides is 1. The van der Waals surface area contributed by atoms with Crippen molar-refractivity contribution in [3.8, 4) is 6.07 Å². The minimum absolute atomic E-state index is 0.254. The highest BCUT2D eigenvalue weighted by Gasteiger charge is 2.23. The number of carbonyl (C=O) groups is 1. The summed E-state index contributed by atoms with van der Waals surface area (Å²) in [7, 11) is 0. The molecule has 21 heavy (non-hydrogen) atoms. The summed E-state index contributed by atoms with van der Waals surface area (Å²) in [6, 6.07) is 11.6. The Hall–Kier alpha value is -2.06. The fraction of sp³-hybridized carbons (Fsp3) is 0.500.